The van der Waals surface area contributed by atoms with Gasteiger partial charge >= 0.3 is 0 Å². The van der Waals surface area contributed by atoms with Gasteiger partial charge in [0, 0.05) is 18.2 Å². The molecule has 1 aliphatic heterocycles. The molecule has 2 aromatic rings. The second-order valence-electron chi connectivity index (χ2n) is 5.94. The lowest BCUT2D eigenvalue weighted by molar-refractivity contribution is -0.384. The number of amides is 1. The number of rotatable bonds is 6. The fourth-order valence-corrected chi connectivity index (χ4v) is 3.04. The molecule has 0 aromatic heterocycles. The molecule has 2 aromatic carbocycles. The summed E-state index contributed by atoms with van der Waals surface area (Å²) in [5, 5.41) is 14.7. The van der Waals surface area contributed by atoms with Gasteiger partial charge in [-0.2, -0.15) is 0 Å². The monoisotopic (exact) mass is 341 g/mol. The standard InChI is InChI=1S/C18H19N3O4/c19-18(22)13-8-9-14(15(11-13)21(23)24)20-17(16-7-4-10-25-16)12-5-2-1-3-6-12/h1-3,5-6,8-9,11,16-17,20H,4,7,10H2,(H2,19,22)/t16-,17-/m1/s1. The van der Waals surface area contributed by atoms with Crippen molar-refractivity contribution in [2.45, 2.75) is 25.0 Å². The Labute approximate surface area is 144 Å². The number of nitro benzene ring substituents is 1. The van der Waals surface area contributed by atoms with Crippen LogP contribution in [0, 0.1) is 10.1 Å². The minimum atomic E-state index is -0.701. The molecular formula is C18H19N3O4. The van der Waals surface area contributed by atoms with Gasteiger partial charge in [-0.05, 0) is 30.5 Å². The van der Waals surface area contributed by atoms with Gasteiger partial charge in [0.1, 0.15) is 5.69 Å². The van der Waals surface area contributed by atoms with Crippen LogP contribution in [0.15, 0.2) is 48.5 Å². The Bertz CT molecular complexity index is 773. The minimum Gasteiger partial charge on any atom is -0.376 e. The summed E-state index contributed by atoms with van der Waals surface area (Å²) in [7, 11) is 0. The zero-order valence-corrected chi connectivity index (χ0v) is 13.6. The van der Waals surface area contributed by atoms with Gasteiger partial charge in [-0.3, -0.25) is 14.9 Å². The van der Waals surface area contributed by atoms with Crippen LogP contribution >= 0.6 is 0 Å². The summed E-state index contributed by atoms with van der Waals surface area (Å²) in [4.78, 5) is 22.2. The number of nitro groups is 1. The maximum absolute atomic E-state index is 11.4. The van der Waals surface area contributed by atoms with Gasteiger partial charge in [0.25, 0.3) is 5.69 Å². The molecular weight excluding hydrogens is 322 g/mol. The number of anilines is 1. The van der Waals surface area contributed by atoms with E-state index in [4.69, 9.17) is 10.5 Å². The highest BCUT2D eigenvalue weighted by Crippen LogP contribution is 2.34. The molecule has 1 saturated heterocycles. The molecule has 0 saturated carbocycles. The van der Waals surface area contributed by atoms with E-state index in [1.165, 1.54) is 18.2 Å². The van der Waals surface area contributed by atoms with Gasteiger partial charge < -0.3 is 15.8 Å². The predicted octanol–water partition coefficient (Wildman–Crippen LogP) is 3.03. The van der Waals surface area contributed by atoms with Crippen LogP contribution in [0.25, 0.3) is 0 Å². The first kappa shape index (κ1) is 16.9. The summed E-state index contributed by atoms with van der Waals surface area (Å²) < 4.78 is 5.80. The summed E-state index contributed by atoms with van der Waals surface area (Å²) in [5.41, 5.74) is 6.46. The Morgan fingerprint density at radius 1 is 1.28 bits per heavy atom. The van der Waals surface area contributed by atoms with Crippen LogP contribution in [-0.2, 0) is 4.74 Å². The molecule has 1 aliphatic rings. The van der Waals surface area contributed by atoms with Crippen molar-refractivity contribution in [1.29, 1.82) is 0 Å². The van der Waals surface area contributed by atoms with Crippen LogP contribution in [0.1, 0.15) is 34.8 Å². The summed E-state index contributed by atoms with van der Waals surface area (Å²) >= 11 is 0. The van der Waals surface area contributed by atoms with E-state index < -0.39 is 10.8 Å². The highest BCUT2D eigenvalue weighted by molar-refractivity contribution is 5.94. The topological polar surface area (TPSA) is 107 Å². The normalized spacial score (nSPS) is 17.8. The molecule has 7 heteroatoms. The molecule has 0 spiro atoms. The number of carbonyl (C=O) groups is 1. The van der Waals surface area contributed by atoms with Crippen molar-refractivity contribution < 1.29 is 14.5 Å². The van der Waals surface area contributed by atoms with Gasteiger partial charge in [0.05, 0.1) is 17.1 Å². The van der Waals surface area contributed by atoms with E-state index in [2.05, 4.69) is 5.32 Å². The number of primary amides is 1. The van der Waals surface area contributed by atoms with Crippen molar-refractivity contribution in [1.82, 2.24) is 0 Å². The SMILES string of the molecule is NC(=O)c1ccc(N[C@H](c2ccccc2)[C@H]2CCCO2)c([N+](=O)[O-])c1. The van der Waals surface area contributed by atoms with Crippen LogP contribution in [0.5, 0.6) is 0 Å². The number of nitrogens with one attached hydrogen (secondary N) is 1. The number of ether oxygens (including phenoxy) is 1. The highest BCUT2D eigenvalue weighted by Gasteiger charge is 2.29. The van der Waals surface area contributed by atoms with Crippen LogP contribution < -0.4 is 11.1 Å². The first-order valence-electron chi connectivity index (χ1n) is 8.07. The number of nitrogens with two attached hydrogens (primary N) is 1. The molecule has 3 N–H and O–H groups in total. The highest BCUT2D eigenvalue weighted by atomic mass is 16.6. The van der Waals surface area contributed by atoms with Crippen molar-refractivity contribution in [3.63, 3.8) is 0 Å². The van der Waals surface area contributed by atoms with Crippen molar-refractivity contribution in [2.75, 3.05) is 11.9 Å². The lowest BCUT2D eigenvalue weighted by Crippen LogP contribution is -2.25. The minimum absolute atomic E-state index is 0.0715. The number of carbonyl (C=O) groups excluding carboxylic acids is 1. The molecule has 0 unspecified atom stereocenters. The molecule has 1 amide bonds. The first-order chi connectivity index (χ1) is 12.1. The van der Waals surface area contributed by atoms with Gasteiger partial charge in [-0.1, -0.05) is 30.3 Å². The van der Waals surface area contributed by atoms with E-state index >= 15 is 0 Å². The molecule has 3 rings (SSSR count). The zero-order valence-electron chi connectivity index (χ0n) is 13.6. The van der Waals surface area contributed by atoms with E-state index in [0.29, 0.717) is 12.3 Å². The maximum atomic E-state index is 11.4. The summed E-state index contributed by atoms with van der Waals surface area (Å²) in [6.07, 6.45) is 1.76. The van der Waals surface area contributed by atoms with E-state index in [9.17, 15) is 14.9 Å². The first-order valence-corrected chi connectivity index (χ1v) is 8.07. The Hall–Kier alpha value is -2.93. The average molecular weight is 341 g/mol. The van der Waals surface area contributed by atoms with Gasteiger partial charge in [0.2, 0.25) is 5.91 Å². The molecule has 25 heavy (non-hydrogen) atoms. The number of hydrogen-bond donors (Lipinski definition) is 2. The fourth-order valence-electron chi connectivity index (χ4n) is 3.04. The second kappa shape index (κ2) is 7.31. The van der Waals surface area contributed by atoms with Gasteiger partial charge in [-0.25, -0.2) is 0 Å². The molecule has 1 heterocycles. The van der Waals surface area contributed by atoms with Gasteiger partial charge in [-0.15, -0.1) is 0 Å². The summed E-state index contributed by atoms with van der Waals surface area (Å²) in [6, 6.07) is 13.7. The number of benzene rings is 2. The molecule has 1 fully saturated rings. The Morgan fingerprint density at radius 2 is 2.04 bits per heavy atom. The summed E-state index contributed by atoms with van der Waals surface area (Å²) in [5.74, 6) is -0.701. The third-order valence-corrected chi connectivity index (χ3v) is 4.29. The Balaban J connectivity index is 1.96. The average Bonchev–Trinajstić information content (AvgIpc) is 3.14. The van der Waals surface area contributed by atoms with Crippen LogP contribution in [-0.4, -0.2) is 23.5 Å². The lowest BCUT2D eigenvalue weighted by Gasteiger charge is -2.25. The van der Waals surface area contributed by atoms with Crippen molar-refractivity contribution >= 4 is 17.3 Å². The Kier molecular flexibility index (Phi) is 4.95. The van der Waals surface area contributed by atoms with Crippen LogP contribution in [0.3, 0.4) is 0 Å². The third-order valence-electron chi connectivity index (χ3n) is 4.29. The lowest BCUT2D eigenvalue weighted by atomic mass is 9.98. The molecule has 0 aliphatic carbocycles. The Morgan fingerprint density at radius 3 is 2.64 bits per heavy atom. The molecule has 0 radical (unpaired) electrons. The largest absolute Gasteiger partial charge is 0.376 e. The number of hydrogen-bond acceptors (Lipinski definition) is 5. The van der Waals surface area contributed by atoms with E-state index in [1.54, 1.807) is 0 Å². The molecule has 2 atom stereocenters. The van der Waals surface area contributed by atoms with Crippen LogP contribution in [0.2, 0.25) is 0 Å². The van der Waals surface area contributed by atoms with Crippen molar-refractivity contribution in [3.8, 4) is 0 Å². The van der Waals surface area contributed by atoms with E-state index in [-0.39, 0.29) is 23.4 Å². The third kappa shape index (κ3) is 3.77. The molecule has 0 bridgehead atoms. The predicted molar refractivity (Wildman–Crippen MR) is 93.4 cm³/mol. The van der Waals surface area contributed by atoms with E-state index in [0.717, 1.165) is 18.4 Å². The maximum Gasteiger partial charge on any atom is 0.293 e. The van der Waals surface area contributed by atoms with Gasteiger partial charge in [0.15, 0.2) is 0 Å². The number of nitrogens with zero attached hydrogens (tertiary/aromatic N) is 1. The fraction of sp³-hybridized carbons (Fsp3) is 0.278. The molecule has 130 valence electrons. The van der Waals surface area contributed by atoms with Crippen LogP contribution in [0.4, 0.5) is 11.4 Å². The zero-order chi connectivity index (χ0) is 17.8. The van der Waals surface area contributed by atoms with Crippen molar-refractivity contribution in [2.24, 2.45) is 5.73 Å². The van der Waals surface area contributed by atoms with E-state index in [1.807, 2.05) is 30.3 Å². The quantitative estimate of drug-likeness (QED) is 0.620. The smallest absolute Gasteiger partial charge is 0.293 e. The summed E-state index contributed by atoms with van der Waals surface area (Å²) in [6.45, 7) is 0.679. The van der Waals surface area contributed by atoms with Crippen molar-refractivity contribution in [3.05, 3.63) is 69.8 Å². The molecule has 7 nitrogen and oxygen atoms in total. The second-order valence-corrected chi connectivity index (χ2v) is 5.94.